The second kappa shape index (κ2) is 8.13. The highest BCUT2D eigenvalue weighted by Gasteiger charge is 1.93. The van der Waals surface area contributed by atoms with E-state index in [0.717, 1.165) is 16.7 Å². The van der Waals surface area contributed by atoms with Crippen LogP contribution in [0, 0.1) is 11.3 Å². The van der Waals surface area contributed by atoms with E-state index in [1.807, 2.05) is 45.1 Å². The van der Waals surface area contributed by atoms with Gasteiger partial charge in [0.25, 0.3) is 0 Å². The Labute approximate surface area is 104 Å². The molecule has 1 nitrogen and oxygen atoms in total. The van der Waals surface area contributed by atoms with Crippen molar-refractivity contribution in [2.24, 2.45) is 0 Å². The fourth-order valence-corrected chi connectivity index (χ4v) is 1.15. The predicted molar refractivity (Wildman–Crippen MR) is 75.4 cm³/mol. The summed E-state index contributed by atoms with van der Waals surface area (Å²) in [5.74, 6) is 0. The molecule has 0 aliphatic carbocycles. The molecule has 0 rings (SSSR count). The summed E-state index contributed by atoms with van der Waals surface area (Å²) in [5.41, 5.74) is 3.78. The zero-order valence-electron chi connectivity index (χ0n) is 10.8. The van der Waals surface area contributed by atoms with Gasteiger partial charge in [0.15, 0.2) is 0 Å². The molecule has 0 aliphatic rings. The Morgan fingerprint density at radius 2 is 1.82 bits per heavy atom. The van der Waals surface area contributed by atoms with Crippen molar-refractivity contribution < 1.29 is 0 Å². The lowest BCUT2D eigenvalue weighted by molar-refractivity contribution is 1.39. The Balaban J connectivity index is 5.02. The van der Waals surface area contributed by atoms with Crippen LogP contribution in [0.2, 0.25) is 0 Å². The lowest BCUT2D eigenvalue weighted by atomic mass is 10.1. The third-order valence-corrected chi connectivity index (χ3v) is 2.18. The maximum absolute atomic E-state index is 8.75. The molecule has 0 spiro atoms. The van der Waals surface area contributed by atoms with Crippen LogP contribution in [-0.4, -0.2) is 0 Å². The zero-order chi connectivity index (χ0) is 13.3. The molecule has 0 saturated heterocycles. The molecule has 88 valence electrons. The van der Waals surface area contributed by atoms with E-state index in [4.69, 9.17) is 5.26 Å². The zero-order valence-corrected chi connectivity index (χ0v) is 10.8. The van der Waals surface area contributed by atoms with Gasteiger partial charge in [-0.1, -0.05) is 49.1 Å². The minimum atomic E-state index is 0.559. The van der Waals surface area contributed by atoms with Gasteiger partial charge in [0, 0.05) is 0 Å². The Kier molecular flexibility index (Phi) is 7.14. The van der Waals surface area contributed by atoms with Gasteiger partial charge in [0.05, 0.1) is 11.6 Å². The summed E-state index contributed by atoms with van der Waals surface area (Å²) < 4.78 is 0. The van der Waals surface area contributed by atoms with Crippen LogP contribution in [0.25, 0.3) is 0 Å². The van der Waals surface area contributed by atoms with Crippen molar-refractivity contribution >= 4 is 0 Å². The van der Waals surface area contributed by atoms with Crippen LogP contribution in [0.5, 0.6) is 0 Å². The quantitative estimate of drug-likeness (QED) is 0.493. The van der Waals surface area contributed by atoms with Gasteiger partial charge < -0.3 is 0 Å². The van der Waals surface area contributed by atoms with Gasteiger partial charge in [-0.3, -0.25) is 0 Å². The topological polar surface area (TPSA) is 23.8 Å². The van der Waals surface area contributed by atoms with Crippen molar-refractivity contribution in [3.63, 3.8) is 0 Å². The lowest BCUT2D eigenvalue weighted by Gasteiger charge is -2.00. The molecule has 0 aromatic carbocycles. The second-order valence-corrected chi connectivity index (χ2v) is 3.71. The molecule has 0 aromatic heterocycles. The average Bonchev–Trinajstić information content (AvgIpc) is 2.30. The molecule has 17 heavy (non-hydrogen) atoms. The predicted octanol–water partition coefficient (Wildman–Crippen LogP) is 4.65. The number of allylic oxidation sites excluding steroid dienone is 10. The fourth-order valence-electron chi connectivity index (χ4n) is 1.15. The smallest absolute Gasteiger partial charge is 0.0991 e. The molecule has 0 fully saturated rings. The molecule has 0 aromatic rings. The van der Waals surface area contributed by atoms with Gasteiger partial charge in [-0.05, 0) is 38.0 Å². The number of nitrogens with zero attached hydrogens (tertiary/aromatic N) is 1. The van der Waals surface area contributed by atoms with E-state index in [-0.39, 0.29) is 0 Å². The lowest BCUT2D eigenvalue weighted by Crippen LogP contribution is -1.81. The molecule has 1 heteroatoms. The summed E-state index contributed by atoms with van der Waals surface area (Å²) in [5, 5.41) is 8.75. The molecule has 0 bridgehead atoms. The van der Waals surface area contributed by atoms with Gasteiger partial charge in [-0.2, -0.15) is 5.26 Å². The van der Waals surface area contributed by atoms with E-state index in [1.54, 1.807) is 12.2 Å². The first-order chi connectivity index (χ1) is 8.04. The van der Waals surface area contributed by atoms with Gasteiger partial charge in [0.2, 0.25) is 0 Å². The Hall–Kier alpha value is -2.07. The fraction of sp³-hybridized carbons (Fsp3) is 0.188. The maximum Gasteiger partial charge on any atom is 0.0991 e. The third kappa shape index (κ3) is 6.17. The summed E-state index contributed by atoms with van der Waals surface area (Å²) in [6.07, 6.45) is 11.2. The van der Waals surface area contributed by atoms with Crippen LogP contribution in [0.4, 0.5) is 0 Å². The van der Waals surface area contributed by atoms with Crippen LogP contribution < -0.4 is 0 Å². The maximum atomic E-state index is 8.75. The van der Waals surface area contributed by atoms with Crippen LogP contribution in [0.3, 0.4) is 0 Å². The Bertz CT molecular complexity index is 448. The first kappa shape index (κ1) is 14.9. The molecule has 0 unspecified atom stereocenters. The summed E-state index contributed by atoms with van der Waals surface area (Å²) in [7, 11) is 0. The SMILES string of the molecule is C=C\C(C#N)=C/C=C(C)/C(/C=C\C(=C)C)=C/C. The first-order valence-corrected chi connectivity index (χ1v) is 5.46. The van der Waals surface area contributed by atoms with Crippen LogP contribution in [-0.2, 0) is 0 Å². The summed E-state index contributed by atoms with van der Waals surface area (Å²) in [6.45, 7) is 13.3. The molecule has 0 atom stereocenters. The second-order valence-electron chi connectivity index (χ2n) is 3.71. The highest BCUT2D eigenvalue weighted by molar-refractivity contribution is 5.44. The van der Waals surface area contributed by atoms with Crippen molar-refractivity contribution in [3.8, 4) is 6.07 Å². The monoisotopic (exact) mass is 225 g/mol. The van der Waals surface area contributed by atoms with E-state index >= 15 is 0 Å². The summed E-state index contributed by atoms with van der Waals surface area (Å²) >= 11 is 0. The minimum Gasteiger partial charge on any atom is -0.192 e. The average molecular weight is 225 g/mol. The Morgan fingerprint density at radius 3 is 2.24 bits per heavy atom. The molecule has 0 radical (unpaired) electrons. The van der Waals surface area contributed by atoms with E-state index in [2.05, 4.69) is 19.2 Å². The van der Waals surface area contributed by atoms with Crippen molar-refractivity contribution in [1.82, 2.24) is 0 Å². The molecule has 0 saturated carbocycles. The summed E-state index contributed by atoms with van der Waals surface area (Å²) in [6, 6.07) is 2.06. The molecule has 0 amide bonds. The van der Waals surface area contributed by atoms with Gasteiger partial charge in [-0.15, -0.1) is 0 Å². The molecular formula is C16H19N. The standard InChI is InChI=1S/C16H19N/c1-6-15(12-17)10-9-14(5)16(7-2)11-8-13(3)4/h6-11H,1,3H2,2,4-5H3/b11-8-,14-9+,15-10+,16-7+. The van der Waals surface area contributed by atoms with Crippen molar-refractivity contribution in [2.45, 2.75) is 20.8 Å². The normalized spacial score (nSPS) is 13.6. The highest BCUT2D eigenvalue weighted by atomic mass is 14.2. The van der Waals surface area contributed by atoms with Crippen LogP contribution in [0.1, 0.15) is 20.8 Å². The van der Waals surface area contributed by atoms with Crippen molar-refractivity contribution in [2.75, 3.05) is 0 Å². The number of nitriles is 1. The highest BCUT2D eigenvalue weighted by Crippen LogP contribution is 2.12. The minimum absolute atomic E-state index is 0.559. The van der Waals surface area contributed by atoms with E-state index in [9.17, 15) is 0 Å². The molecule has 0 aliphatic heterocycles. The van der Waals surface area contributed by atoms with Crippen molar-refractivity contribution in [3.05, 3.63) is 71.9 Å². The van der Waals surface area contributed by atoms with E-state index < -0.39 is 0 Å². The molecule has 0 N–H and O–H groups in total. The number of hydrogen-bond donors (Lipinski definition) is 0. The largest absolute Gasteiger partial charge is 0.192 e. The van der Waals surface area contributed by atoms with Crippen LogP contribution >= 0.6 is 0 Å². The number of hydrogen-bond acceptors (Lipinski definition) is 1. The van der Waals surface area contributed by atoms with Gasteiger partial charge in [-0.25, -0.2) is 0 Å². The first-order valence-electron chi connectivity index (χ1n) is 5.46. The van der Waals surface area contributed by atoms with Crippen LogP contribution in [0.15, 0.2) is 71.9 Å². The Morgan fingerprint density at radius 1 is 1.18 bits per heavy atom. The molecular weight excluding hydrogens is 206 g/mol. The van der Waals surface area contributed by atoms with E-state index in [1.165, 1.54) is 0 Å². The van der Waals surface area contributed by atoms with Gasteiger partial charge in [0.1, 0.15) is 0 Å². The van der Waals surface area contributed by atoms with E-state index in [0.29, 0.717) is 5.57 Å². The number of rotatable bonds is 5. The molecule has 0 heterocycles. The third-order valence-electron chi connectivity index (χ3n) is 2.18. The summed E-state index contributed by atoms with van der Waals surface area (Å²) in [4.78, 5) is 0. The van der Waals surface area contributed by atoms with Gasteiger partial charge >= 0.3 is 0 Å². The van der Waals surface area contributed by atoms with Crippen molar-refractivity contribution in [1.29, 1.82) is 5.26 Å².